The van der Waals surface area contributed by atoms with Gasteiger partial charge in [0.25, 0.3) is 0 Å². The van der Waals surface area contributed by atoms with Crippen LogP contribution in [0, 0.1) is 6.92 Å². The van der Waals surface area contributed by atoms with Crippen LogP contribution in [-0.4, -0.2) is 15.9 Å². The average molecular weight is 242 g/mol. The monoisotopic (exact) mass is 242 g/mol. The van der Waals surface area contributed by atoms with Gasteiger partial charge >= 0.3 is 0 Å². The lowest BCUT2D eigenvalue weighted by molar-refractivity contribution is -0.115. The first-order chi connectivity index (χ1) is 8.58. The van der Waals surface area contributed by atoms with E-state index in [4.69, 9.17) is 5.73 Å². The molecule has 0 aliphatic rings. The van der Waals surface area contributed by atoms with E-state index >= 15 is 0 Å². The fourth-order valence-electron chi connectivity index (χ4n) is 1.74. The van der Waals surface area contributed by atoms with Gasteiger partial charge < -0.3 is 5.73 Å². The molecule has 0 bridgehead atoms. The Morgan fingerprint density at radius 2 is 1.89 bits per heavy atom. The van der Waals surface area contributed by atoms with Crippen LogP contribution in [0.5, 0.6) is 0 Å². The molecule has 1 heterocycles. The van der Waals surface area contributed by atoms with Gasteiger partial charge in [0.05, 0.1) is 5.69 Å². The number of aryl methyl sites for hydroxylation is 1. The summed E-state index contributed by atoms with van der Waals surface area (Å²) < 4.78 is 0. The highest BCUT2D eigenvalue weighted by Gasteiger charge is 2.16. The van der Waals surface area contributed by atoms with Gasteiger partial charge in [0.2, 0.25) is 11.9 Å². The number of benzene rings is 1. The smallest absolute Gasteiger partial charge is 0.229 e. The second-order valence-electron chi connectivity index (χ2n) is 3.92. The molecule has 2 aromatic rings. The minimum absolute atomic E-state index is 0.126. The number of amides is 1. The fourth-order valence-corrected chi connectivity index (χ4v) is 1.74. The molecular formula is C13H14N4O. The van der Waals surface area contributed by atoms with Crippen LogP contribution in [0.15, 0.2) is 36.4 Å². The topological polar surface area (TPSA) is 72.1 Å². The molecular weight excluding hydrogens is 228 g/mol. The SMILES string of the molecule is CC(=O)N(c1ccccc1)c1cc(C)nc(N)n1. The number of nitrogen functional groups attached to an aromatic ring is 1. The van der Waals surface area contributed by atoms with Gasteiger partial charge in [-0.2, -0.15) is 4.98 Å². The number of nitrogens with two attached hydrogens (primary N) is 1. The van der Waals surface area contributed by atoms with Crippen molar-refractivity contribution in [2.24, 2.45) is 0 Å². The number of hydrogen-bond donors (Lipinski definition) is 1. The summed E-state index contributed by atoms with van der Waals surface area (Å²) in [7, 11) is 0. The van der Waals surface area contributed by atoms with Crippen molar-refractivity contribution in [3.63, 3.8) is 0 Å². The molecule has 0 unspecified atom stereocenters. The van der Waals surface area contributed by atoms with Gasteiger partial charge in [0.15, 0.2) is 0 Å². The zero-order valence-electron chi connectivity index (χ0n) is 10.3. The molecule has 0 aliphatic carbocycles. The van der Waals surface area contributed by atoms with E-state index in [1.165, 1.54) is 11.8 Å². The predicted molar refractivity (Wildman–Crippen MR) is 70.4 cm³/mol. The third-order valence-corrected chi connectivity index (χ3v) is 2.42. The van der Waals surface area contributed by atoms with Crippen LogP contribution >= 0.6 is 0 Å². The molecule has 1 aromatic carbocycles. The number of carbonyl (C=O) groups excluding carboxylic acids is 1. The van der Waals surface area contributed by atoms with Crippen LogP contribution in [0.4, 0.5) is 17.5 Å². The summed E-state index contributed by atoms with van der Waals surface area (Å²) in [5.74, 6) is 0.518. The van der Waals surface area contributed by atoms with Crippen LogP contribution in [0.1, 0.15) is 12.6 Å². The minimum Gasteiger partial charge on any atom is -0.368 e. The zero-order valence-corrected chi connectivity index (χ0v) is 10.3. The molecule has 0 aliphatic heterocycles. The molecule has 0 spiro atoms. The Bertz CT molecular complexity index is 548. The second kappa shape index (κ2) is 4.83. The molecule has 1 aromatic heterocycles. The van der Waals surface area contributed by atoms with Gasteiger partial charge in [-0.15, -0.1) is 0 Å². The number of carbonyl (C=O) groups is 1. The normalized spacial score (nSPS) is 10.1. The van der Waals surface area contributed by atoms with E-state index in [1.54, 1.807) is 6.07 Å². The molecule has 18 heavy (non-hydrogen) atoms. The Morgan fingerprint density at radius 1 is 1.22 bits per heavy atom. The summed E-state index contributed by atoms with van der Waals surface area (Å²) in [4.78, 5) is 21.4. The van der Waals surface area contributed by atoms with Gasteiger partial charge in [-0.3, -0.25) is 9.69 Å². The van der Waals surface area contributed by atoms with Crippen LogP contribution in [-0.2, 0) is 4.79 Å². The van der Waals surface area contributed by atoms with E-state index in [2.05, 4.69) is 9.97 Å². The maximum Gasteiger partial charge on any atom is 0.229 e. The van der Waals surface area contributed by atoms with Gasteiger partial charge in [0, 0.05) is 18.7 Å². The van der Waals surface area contributed by atoms with E-state index < -0.39 is 0 Å². The van der Waals surface area contributed by atoms with Crippen LogP contribution in [0.3, 0.4) is 0 Å². The third kappa shape index (κ3) is 2.45. The summed E-state index contributed by atoms with van der Waals surface area (Å²) in [6, 6.07) is 11.0. The van der Waals surface area contributed by atoms with E-state index in [0.29, 0.717) is 5.82 Å². The van der Waals surface area contributed by atoms with E-state index in [0.717, 1.165) is 11.4 Å². The summed E-state index contributed by atoms with van der Waals surface area (Å²) in [5, 5.41) is 0. The van der Waals surface area contributed by atoms with Crippen molar-refractivity contribution >= 4 is 23.4 Å². The Morgan fingerprint density at radius 3 is 2.44 bits per heavy atom. The number of nitrogens with zero attached hydrogens (tertiary/aromatic N) is 3. The molecule has 2 N–H and O–H groups in total. The standard InChI is InChI=1S/C13H14N4O/c1-9-8-12(16-13(14)15-9)17(10(2)18)11-6-4-3-5-7-11/h3-8H,1-2H3,(H2,14,15,16). The lowest BCUT2D eigenvalue weighted by Crippen LogP contribution is -2.24. The lowest BCUT2D eigenvalue weighted by Gasteiger charge is -2.20. The van der Waals surface area contributed by atoms with Crippen molar-refractivity contribution in [1.82, 2.24) is 9.97 Å². The quantitative estimate of drug-likeness (QED) is 0.874. The number of para-hydroxylation sites is 1. The van der Waals surface area contributed by atoms with Crippen molar-refractivity contribution in [2.75, 3.05) is 10.6 Å². The predicted octanol–water partition coefficient (Wildman–Crippen LogP) is 2.05. The molecule has 0 fully saturated rings. The molecule has 0 saturated heterocycles. The highest BCUT2D eigenvalue weighted by Crippen LogP contribution is 2.24. The largest absolute Gasteiger partial charge is 0.368 e. The Hall–Kier alpha value is -2.43. The third-order valence-electron chi connectivity index (χ3n) is 2.42. The first kappa shape index (κ1) is 12.0. The van der Waals surface area contributed by atoms with Crippen molar-refractivity contribution < 1.29 is 4.79 Å². The molecule has 5 heteroatoms. The van der Waals surface area contributed by atoms with E-state index in [-0.39, 0.29) is 11.9 Å². The number of hydrogen-bond acceptors (Lipinski definition) is 4. The van der Waals surface area contributed by atoms with Crippen molar-refractivity contribution in [2.45, 2.75) is 13.8 Å². The highest BCUT2D eigenvalue weighted by atomic mass is 16.2. The van der Waals surface area contributed by atoms with Crippen molar-refractivity contribution in [3.8, 4) is 0 Å². The summed E-state index contributed by atoms with van der Waals surface area (Å²) in [6.07, 6.45) is 0. The molecule has 0 atom stereocenters. The van der Waals surface area contributed by atoms with Gasteiger partial charge in [0.1, 0.15) is 5.82 Å². The van der Waals surface area contributed by atoms with Crippen molar-refractivity contribution in [3.05, 3.63) is 42.1 Å². The fraction of sp³-hybridized carbons (Fsp3) is 0.154. The number of anilines is 3. The maximum atomic E-state index is 11.8. The van der Waals surface area contributed by atoms with Crippen LogP contribution < -0.4 is 10.6 Å². The Kier molecular flexibility index (Phi) is 3.23. The van der Waals surface area contributed by atoms with Crippen LogP contribution in [0.2, 0.25) is 0 Å². The Balaban J connectivity index is 2.52. The van der Waals surface area contributed by atoms with Crippen molar-refractivity contribution in [1.29, 1.82) is 0 Å². The molecule has 0 radical (unpaired) electrons. The molecule has 1 amide bonds. The second-order valence-corrected chi connectivity index (χ2v) is 3.92. The Labute approximate surface area is 105 Å². The average Bonchev–Trinajstić information content (AvgIpc) is 2.28. The van der Waals surface area contributed by atoms with Crippen LogP contribution in [0.25, 0.3) is 0 Å². The van der Waals surface area contributed by atoms with Gasteiger partial charge in [-0.05, 0) is 19.1 Å². The maximum absolute atomic E-state index is 11.8. The summed E-state index contributed by atoms with van der Waals surface area (Å²) in [6.45, 7) is 3.30. The van der Waals surface area contributed by atoms with E-state index in [1.807, 2.05) is 37.3 Å². The number of rotatable bonds is 2. The first-order valence-electron chi connectivity index (χ1n) is 5.55. The minimum atomic E-state index is -0.126. The number of aromatic nitrogens is 2. The molecule has 92 valence electrons. The molecule has 0 saturated carbocycles. The zero-order chi connectivity index (χ0) is 13.1. The van der Waals surface area contributed by atoms with E-state index in [9.17, 15) is 4.79 Å². The lowest BCUT2D eigenvalue weighted by atomic mass is 10.2. The first-order valence-corrected chi connectivity index (χ1v) is 5.55. The van der Waals surface area contributed by atoms with Gasteiger partial charge in [-0.1, -0.05) is 18.2 Å². The molecule has 2 rings (SSSR count). The summed E-state index contributed by atoms with van der Waals surface area (Å²) >= 11 is 0. The highest BCUT2D eigenvalue weighted by molar-refractivity contribution is 5.98. The summed E-state index contributed by atoms with van der Waals surface area (Å²) in [5.41, 5.74) is 7.09. The van der Waals surface area contributed by atoms with Gasteiger partial charge in [-0.25, -0.2) is 4.98 Å². The molecule has 5 nitrogen and oxygen atoms in total.